The molecule has 0 bridgehead atoms. The van der Waals surface area contributed by atoms with Gasteiger partial charge in [-0.15, -0.1) is 0 Å². The number of likely N-dealkylation sites (tertiary alicyclic amines) is 1. The van der Waals surface area contributed by atoms with Gasteiger partial charge >= 0.3 is 0 Å². The van der Waals surface area contributed by atoms with Gasteiger partial charge in [-0.25, -0.2) is 0 Å². The highest BCUT2D eigenvalue weighted by atomic mass is 16.6. The lowest BCUT2D eigenvalue weighted by molar-refractivity contribution is 0.166. The first-order valence-electron chi connectivity index (χ1n) is 5.21. The van der Waals surface area contributed by atoms with Crippen molar-refractivity contribution in [3.8, 4) is 0 Å². The van der Waals surface area contributed by atoms with Crippen LogP contribution < -0.4 is 0 Å². The molecule has 10 nitrogen and oxygen atoms in total. The van der Waals surface area contributed by atoms with E-state index in [0.29, 0.717) is 13.1 Å². The lowest BCUT2D eigenvalue weighted by Gasteiger charge is -2.23. The second-order valence-electron chi connectivity index (χ2n) is 4.00. The van der Waals surface area contributed by atoms with E-state index in [1.807, 2.05) is 11.9 Å². The van der Waals surface area contributed by atoms with E-state index in [2.05, 4.69) is 31.2 Å². The predicted molar refractivity (Wildman–Crippen MR) is 61.2 cm³/mol. The zero-order chi connectivity index (χ0) is 13.4. The van der Waals surface area contributed by atoms with Crippen LogP contribution in [0.15, 0.2) is 31.2 Å². The van der Waals surface area contributed by atoms with Gasteiger partial charge in [-0.2, -0.15) is 10.6 Å². The normalized spacial score (nSPS) is 27.6. The van der Waals surface area contributed by atoms with E-state index in [1.54, 1.807) is 0 Å². The Labute approximate surface area is 104 Å². The van der Waals surface area contributed by atoms with Crippen molar-refractivity contribution >= 4 is 5.71 Å². The molecule has 1 saturated heterocycles. The van der Waals surface area contributed by atoms with Gasteiger partial charge in [-0.3, -0.25) is 4.90 Å². The van der Waals surface area contributed by atoms with Gasteiger partial charge in [0.1, 0.15) is 7.11 Å². The van der Waals surface area contributed by atoms with Crippen molar-refractivity contribution < 1.29 is 9.94 Å². The third kappa shape index (κ3) is 3.34. The Morgan fingerprint density at radius 3 is 2.83 bits per heavy atom. The number of aliphatic hydroxyl groups excluding tert-OH is 1. The van der Waals surface area contributed by atoms with E-state index in [-0.39, 0.29) is 13.2 Å². The molecule has 0 aromatic carbocycles. The quantitative estimate of drug-likeness (QED) is 0.535. The van der Waals surface area contributed by atoms with Crippen LogP contribution in [-0.2, 0) is 4.84 Å². The molecule has 0 aromatic rings. The minimum absolute atomic E-state index is 0.113. The minimum Gasteiger partial charge on any atom is -0.399 e. The largest absolute Gasteiger partial charge is 0.399 e. The molecule has 0 aromatic heterocycles. The van der Waals surface area contributed by atoms with Crippen LogP contribution >= 0.6 is 0 Å². The smallest absolute Gasteiger partial charge is 0.106 e. The highest BCUT2D eigenvalue weighted by Gasteiger charge is 2.43. The zero-order valence-electron chi connectivity index (χ0n) is 10.3. The summed E-state index contributed by atoms with van der Waals surface area (Å²) < 4.78 is 0. The molecule has 0 radical (unpaired) electrons. The van der Waals surface area contributed by atoms with Crippen LogP contribution in [0, 0.1) is 10.9 Å². The maximum absolute atomic E-state index is 9.57. The predicted octanol–water partition coefficient (Wildman–Crippen LogP) is 0.678. The number of rotatable bonds is 6. The number of nitrogens with zero attached hydrogens (tertiary/aromatic N) is 7. The summed E-state index contributed by atoms with van der Waals surface area (Å²) in [5.41, 5.74) is 6.48. The molecule has 0 amide bonds. The van der Waals surface area contributed by atoms with Gasteiger partial charge < -0.3 is 9.94 Å². The molecule has 1 heterocycles. The standard InChI is InChI=1S/C8H16N8O2/c1-16-3-7(11-18-2)8(5-16,6-17)4-10-13-15-14-12-9/h9,17H,3-6H2,1-2H3/b11-7+,12-9?,13-10?,15-14+. The SMILES string of the molecule is CO/N=C1\CN(C)CC1(CO)CN=N/N=N/N=N. The van der Waals surface area contributed by atoms with Crippen LogP contribution in [0.5, 0.6) is 0 Å². The monoisotopic (exact) mass is 256 g/mol. The highest BCUT2D eigenvalue weighted by Crippen LogP contribution is 2.27. The molecule has 10 heteroatoms. The van der Waals surface area contributed by atoms with Gasteiger partial charge in [0.25, 0.3) is 0 Å². The fraction of sp³-hybridized carbons (Fsp3) is 0.875. The van der Waals surface area contributed by atoms with Crippen molar-refractivity contribution in [3.63, 3.8) is 0 Å². The second-order valence-corrected chi connectivity index (χ2v) is 4.00. The van der Waals surface area contributed by atoms with E-state index >= 15 is 0 Å². The Kier molecular flexibility index (Phi) is 5.39. The van der Waals surface area contributed by atoms with E-state index < -0.39 is 5.41 Å². The molecule has 0 saturated carbocycles. The Hall–Kier alpha value is -1.81. The first kappa shape index (κ1) is 14.3. The van der Waals surface area contributed by atoms with Gasteiger partial charge in [0, 0.05) is 13.1 Å². The van der Waals surface area contributed by atoms with E-state index in [9.17, 15) is 5.11 Å². The highest BCUT2D eigenvalue weighted by molar-refractivity contribution is 5.94. The van der Waals surface area contributed by atoms with E-state index in [0.717, 1.165) is 5.71 Å². The minimum atomic E-state index is -0.609. The van der Waals surface area contributed by atoms with E-state index in [1.165, 1.54) is 7.11 Å². The molecule has 100 valence electrons. The first-order valence-corrected chi connectivity index (χ1v) is 5.21. The molecule has 0 spiro atoms. The van der Waals surface area contributed by atoms with Crippen LogP contribution in [0.25, 0.3) is 0 Å². The Balaban J connectivity index is 2.77. The summed E-state index contributed by atoms with van der Waals surface area (Å²) in [6.07, 6.45) is 0. The molecule has 1 aliphatic heterocycles. The van der Waals surface area contributed by atoms with Crippen LogP contribution in [-0.4, -0.2) is 56.1 Å². The Morgan fingerprint density at radius 2 is 2.22 bits per heavy atom. The lowest BCUT2D eigenvalue weighted by Crippen LogP contribution is -2.37. The van der Waals surface area contributed by atoms with Crippen molar-refractivity contribution in [1.29, 1.82) is 5.53 Å². The summed E-state index contributed by atoms with van der Waals surface area (Å²) in [5, 5.41) is 29.5. The maximum Gasteiger partial charge on any atom is 0.106 e. The molecule has 1 unspecified atom stereocenters. The van der Waals surface area contributed by atoms with Gasteiger partial charge in [-0.05, 0) is 27.9 Å². The van der Waals surface area contributed by atoms with Gasteiger partial charge in [0.05, 0.1) is 24.3 Å². The van der Waals surface area contributed by atoms with Gasteiger partial charge in [0.15, 0.2) is 0 Å². The van der Waals surface area contributed by atoms with Crippen molar-refractivity contribution in [3.05, 3.63) is 0 Å². The molecule has 1 rings (SSSR count). The summed E-state index contributed by atoms with van der Waals surface area (Å²) in [6.45, 7) is 1.31. The Morgan fingerprint density at radius 1 is 1.44 bits per heavy atom. The summed E-state index contributed by atoms with van der Waals surface area (Å²) in [6, 6.07) is 0. The fourth-order valence-electron chi connectivity index (χ4n) is 1.89. The van der Waals surface area contributed by atoms with Crippen molar-refractivity contribution in [2.24, 2.45) is 36.6 Å². The molecule has 1 aliphatic rings. The number of hydrogen-bond acceptors (Lipinski definition) is 6. The van der Waals surface area contributed by atoms with Crippen molar-refractivity contribution in [2.45, 2.75) is 0 Å². The molecular weight excluding hydrogens is 240 g/mol. The fourth-order valence-corrected chi connectivity index (χ4v) is 1.89. The van der Waals surface area contributed by atoms with Gasteiger partial charge in [0.2, 0.25) is 0 Å². The van der Waals surface area contributed by atoms with Crippen LogP contribution in [0.1, 0.15) is 0 Å². The van der Waals surface area contributed by atoms with Crippen LogP contribution in [0.3, 0.4) is 0 Å². The first-order chi connectivity index (χ1) is 8.68. The topological polar surface area (TPSA) is 131 Å². The number of hydrogen-bond donors (Lipinski definition) is 2. The molecule has 1 fully saturated rings. The number of oxime groups is 1. The molecule has 1 atom stereocenters. The zero-order valence-corrected chi connectivity index (χ0v) is 10.3. The number of aliphatic hydroxyl groups is 1. The maximum atomic E-state index is 9.57. The van der Waals surface area contributed by atoms with Gasteiger partial charge in [-0.1, -0.05) is 5.16 Å². The average molecular weight is 256 g/mol. The van der Waals surface area contributed by atoms with E-state index in [4.69, 9.17) is 10.4 Å². The second kappa shape index (κ2) is 6.81. The lowest BCUT2D eigenvalue weighted by atomic mass is 9.86. The summed E-state index contributed by atoms with van der Waals surface area (Å²) >= 11 is 0. The molecule has 2 N–H and O–H groups in total. The summed E-state index contributed by atoms with van der Waals surface area (Å²) in [7, 11) is 3.37. The van der Waals surface area contributed by atoms with Crippen LogP contribution in [0.2, 0.25) is 0 Å². The Bertz CT molecular complexity index is 368. The number of nitrogens with one attached hydrogen (secondary N) is 1. The van der Waals surface area contributed by atoms with Crippen LogP contribution in [0.4, 0.5) is 0 Å². The summed E-state index contributed by atoms with van der Waals surface area (Å²) in [4.78, 5) is 6.78. The third-order valence-corrected chi connectivity index (χ3v) is 2.67. The van der Waals surface area contributed by atoms with Crippen molar-refractivity contribution in [1.82, 2.24) is 4.90 Å². The van der Waals surface area contributed by atoms with Crippen molar-refractivity contribution in [2.75, 3.05) is 40.4 Å². The molecule has 0 aliphatic carbocycles. The average Bonchev–Trinajstić information content (AvgIpc) is 2.67. The molecular formula is C8H16N8O2. The molecule has 18 heavy (non-hydrogen) atoms. The third-order valence-electron chi connectivity index (χ3n) is 2.67. The summed E-state index contributed by atoms with van der Waals surface area (Å²) in [5.74, 6) is 0.